The highest BCUT2D eigenvalue weighted by atomic mass is 32.1. The number of rotatable bonds is 5. The standard InChI is InChI=1S/C19H19N3OS/c1-14(16-8-10-20-11-9-16)22(2)19(23)17-13-24-18(21-17)12-15-6-4-3-5-7-15/h3-11,13-14H,12H2,1-2H3. The lowest BCUT2D eigenvalue weighted by Gasteiger charge is -2.24. The van der Waals surface area contributed by atoms with Crippen LogP contribution < -0.4 is 0 Å². The third-order valence-corrected chi connectivity index (χ3v) is 4.91. The Bertz CT molecular complexity index is 802. The van der Waals surface area contributed by atoms with Gasteiger partial charge in [-0.15, -0.1) is 11.3 Å². The van der Waals surface area contributed by atoms with Crippen LogP contribution in [0.15, 0.2) is 60.2 Å². The zero-order valence-corrected chi connectivity index (χ0v) is 14.5. The molecule has 0 radical (unpaired) electrons. The molecule has 5 heteroatoms. The molecular formula is C19H19N3OS. The first-order valence-electron chi connectivity index (χ1n) is 7.80. The maximum absolute atomic E-state index is 12.7. The predicted octanol–water partition coefficient (Wildman–Crippen LogP) is 3.96. The minimum Gasteiger partial charge on any atom is -0.334 e. The van der Waals surface area contributed by atoms with Crippen LogP contribution in [-0.4, -0.2) is 27.8 Å². The molecule has 1 unspecified atom stereocenters. The second kappa shape index (κ2) is 7.36. The lowest BCUT2D eigenvalue weighted by Crippen LogP contribution is -2.29. The Hall–Kier alpha value is -2.53. The van der Waals surface area contributed by atoms with Gasteiger partial charge in [0.05, 0.1) is 11.0 Å². The van der Waals surface area contributed by atoms with Crippen molar-refractivity contribution in [2.75, 3.05) is 7.05 Å². The maximum atomic E-state index is 12.7. The average Bonchev–Trinajstić information content (AvgIpc) is 3.10. The number of pyridine rings is 1. The number of carbonyl (C=O) groups excluding carboxylic acids is 1. The van der Waals surface area contributed by atoms with Crippen LogP contribution in [0.25, 0.3) is 0 Å². The van der Waals surface area contributed by atoms with E-state index >= 15 is 0 Å². The van der Waals surface area contributed by atoms with Crippen molar-refractivity contribution in [2.24, 2.45) is 0 Å². The van der Waals surface area contributed by atoms with E-state index in [9.17, 15) is 4.79 Å². The smallest absolute Gasteiger partial charge is 0.273 e. The van der Waals surface area contributed by atoms with Gasteiger partial charge < -0.3 is 4.90 Å². The Morgan fingerprint density at radius 1 is 1.17 bits per heavy atom. The van der Waals surface area contributed by atoms with Crippen LogP contribution in [-0.2, 0) is 6.42 Å². The van der Waals surface area contributed by atoms with Crippen LogP contribution in [0.4, 0.5) is 0 Å². The van der Waals surface area contributed by atoms with Gasteiger partial charge in [-0.3, -0.25) is 9.78 Å². The molecule has 2 aromatic heterocycles. The summed E-state index contributed by atoms with van der Waals surface area (Å²) in [6.45, 7) is 2.00. The maximum Gasteiger partial charge on any atom is 0.273 e. The molecule has 0 aliphatic heterocycles. The monoisotopic (exact) mass is 337 g/mol. The lowest BCUT2D eigenvalue weighted by atomic mass is 10.1. The molecule has 0 saturated carbocycles. The molecule has 2 heterocycles. The predicted molar refractivity (Wildman–Crippen MR) is 96.1 cm³/mol. The van der Waals surface area contributed by atoms with Gasteiger partial charge in [0.1, 0.15) is 5.69 Å². The van der Waals surface area contributed by atoms with E-state index in [2.05, 4.69) is 22.1 Å². The number of thiazole rings is 1. The average molecular weight is 337 g/mol. The molecule has 122 valence electrons. The summed E-state index contributed by atoms with van der Waals surface area (Å²) in [5.41, 5.74) is 2.76. The van der Waals surface area contributed by atoms with Crippen molar-refractivity contribution in [3.05, 3.63) is 82.1 Å². The quantitative estimate of drug-likeness (QED) is 0.708. The van der Waals surface area contributed by atoms with Gasteiger partial charge in [-0.25, -0.2) is 4.98 Å². The van der Waals surface area contributed by atoms with Crippen LogP contribution in [0.5, 0.6) is 0 Å². The number of hydrogen-bond acceptors (Lipinski definition) is 4. The van der Waals surface area contributed by atoms with Gasteiger partial charge in [-0.05, 0) is 30.2 Å². The Labute approximate surface area is 145 Å². The topological polar surface area (TPSA) is 46.1 Å². The lowest BCUT2D eigenvalue weighted by molar-refractivity contribution is 0.0737. The molecule has 0 fully saturated rings. The second-order valence-corrected chi connectivity index (χ2v) is 6.60. The van der Waals surface area contributed by atoms with Crippen LogP contribution in [0.1, 0.15) is 39.6 Å². The van der Waals surface area contributed by atoms with E-state index in [1.54, 1.807) is 17.3 Å². The molecule has 1 aromatic carbocycles. The molecule has 3 aromatic rings. The van der Waals surface area contributed by atoms with Gasteiger partial charge in [0, 0.05) is 31.2 Å². The van der Waals surface area contributed by atoms with E-state index in [4.69, 9.17) is 0 Å². The van der Waals surface area contributed by atoms with Crippen molar-refractivity contribution in [3.63, 3.8) is 0 Å². The summed E-state index contributed by atoms with van der Waals surface area (Å²) in [7, 11) is 1.81. The number of carbonyl (C=O) groups is 1. The number of benzene rings is 1. The molecule has 0 aliphatic rings. The highest BCUT2D eigenvalue weighted by Gasteiger charge is 2.21. The van der Waals surface area contributed by atoms with Gasteiger partial charge in [-0.2, -0.15) is 0 Å². The minimum absolute atomic E-state index is 0.0280. The Kier molecular flexibility index (Phi) is 5.01. The first kappa shape index (κ1) is 16.3. The Morgan fingerprint density at radius 3 is 2.58 bits per heavy atom. The number of hydrogen-bond donors (Lipinski definition) is 0. The normalized spacial score (nSPS) is 11.9. The van der Waals surface area contributed by atoms with E-state index in [1.165, 1.54) is 16.9 Å². The molecular weight excluding hydrogens is 318 g/mol. The Morgan fingerprint density at radius 2 is 1.88 bits per heavy atom. The highest BCUT2D eigenvalue weighted by Crippen LogP contribution is 2.21. The van der Waals surface area contributed by atoms with Crippen molar-refractivity contribution in [1.29, 1.82) is 0 Å². The zero-order chi connectivity index (χ0) is 16.9. The van der Waals surface area contributed by atoms with E-state index in [0.717, 1.165) is 17.0 Å². The molecule has 1 atom stereocenters. The fourth-order valence-electron chi connectivity index (χ4n) is 2.48. The van der Waals surface area contributed by atoms with Crippen molar-refractivity contribution in [3.8, 4) is 0 Å². The summed E-state index contributed by atoms with van der Waals surface area (Å²) < 4.78 is 0. The summed E-state index contributed by atoms with van der Waals surface area (Å²) in [6.07, 6.45) is 4.23. The third-order valence-electron chi connectivity index (χ3n) is 4.06. The summed E-state index contributed by atoms with van der Waals surface area (Å²) >= 11 is 1.53. The molecule has 3 rings (SSSR count). The van der Waals surface area contributed by atoms with Gasteiger partial charge in [0.2, 0.25) is 0 Å². The summed E-state index contributed by atoms with van der Waals surface area (Å²) in [4.78, 5) is 22.9. The molecule has 1 amide bonds. The van der Waals surface area contributed by atoms with E-state index in [0.29, 0.717) is 5.69 Å². The fraction of sp³-hybridized carbons (Fsp3) is 0.211. The molecule has 0 bridgehead atoms. The summed E-state index contributed by atoms with van der Waals surface area (Å²) in [5.74, 6) is -0.0603. The first-order chi connectivity index (χ1) is 11.6. The third kappa shape index (κ3) is 3.68. The van der Waals surface area contributed by atoms with E-state index in [1.807, 2.05) is 49.7 Å². The van der Waals surface area contributed by atoms with Crippen LogP contribution in [0, 0.1) is 0 Å². The number of aromatic nitrogens is 2. The number of nitrogens with zero attached hydrogens (tertiary/aromatic N) is 3. The van der Waals surface area contributed by atoms with Gasteiger partial charge >= 0.3 is 0 Å². The largest absolute Gasteiger partial charge is 0.334 e. The summed E-state index contributed by atoms with van der Waals surface area (Å²) in [5, 5.41) is 2.80. The molecule has 0 saturated heterocycles. The van der Waals surface area contributed by atoms with Crippen molar-refractivity contribution in [1.82, 2.24) is 14.9 Å². The van der Waals surface area contributed by atoms with E-state index in [-0.39, 0.29) is 11.9 Å². The van der Waals surface area contributed by atoms with E-state index < -0.39 is 0 Å². The summed E-state index contributed by atoms with van der Waals surface area (Å²) in [6, 6.07) is 14.0. The fourth-order valence-corrected chi connectivity index (χ4v) is 3.29. The minimum atomic E-state index is -0.0603. The zero-order valence-electron chi connectivity index (χ0n) is 13.7. The highest BCUT2D eigenvalue weighted by molar-refractivity contribution is 7.09. The molecule has 4 nitrogen and oxygen atoms in total. The molecule has 0 aliphatic carbocycles. The Balaban J connectivity index is 1.71. The molecule has 0 spiro atoms. The van der Waals surface area contributed by atoms with Gasteiger partial charge in [0.25, 0.3) is 5.91 Å². The van der Waals surface area contributed by atoms with Crippen LogP contribution >= 0.6 is 11.3 Å². The molecule has 24 heavy (non-hydrogen) atoms. The van der Waals surface area contributed by atoms with Gasteiger partial charge in [-0.1, -0.05) is 30.3 Å². The van der Waals surface area contributed by atoms with Crippen LogP contribution in [0.2, 0.25) is 0 Å². The van der Waals surface area contributed by atoms with Crippen molar-refractivity contribution < 1.29 is 4.79 Å². The first-order valence-corrected chi connectivity index (χ1v) is 8.68. The second-order valence-electron chi connectivity index (χ2n) is 5.66. The van der Waals surface area contributed by atoms with Gasteiger partial charge in [0.15, 0.2) is 0 Å². The molecule has 0 N–H and O–H groups in total. The van der Waals surface area contributed by atoms with Crippen molar-refractivity contribution >= 4 is 17.2 Å². The van der Waals surface area contributed by atoms with Crippen LogP contribution in [0.3, 0.4) is 0 Å². The SMILES string of the molecule is CC(c1ccncc1)N(C)C(=O)c1csc(Cc2ccccc2)n1. The number of amides is 1. The van der Waals surface area contributed by atoms with Crippen molar-refractivity contribution in [2.45, 2.75) is 19.4 Å².